The number of nitrogens with one attached hydrogen (secondary N) is 1. The Kier molecular flexibility index (Phi) is 4.11. The number of nitrogens with zero attached hydrogens (tertiary/aromatic N) is 2. The third kappa shape index (κ3) is 2.97. The number of rotatable bonds is 4. The summed E-state index contributed by atoms with van der Waals surface area (Å²) >= 11 is 1.58. The normalized spacial score (nSPS) is 18.4. The Balaban J connectivity index is 1.59. The van der Waals surface area contributed by atoms with E-state index in [1.165, 1.54) is 0 Å². The van der Waals surface area contributed by atoms with E-state index in [0.717, 1.165) is 15.2 Å². The molecule has 0 radical (unpaired) electrons. The molecule has 0 saturated carbocycles. The summed E-state index contributed by atoms with van der Waals surface area (Å²) in [5, 5.41) is 3.80. The summed E-state index contributed by atoms with van der Waals surface area (Å²) in [6, 6.07) is 8.07. The van der Waals surface area contributed by atoms with Crippen LogP contribution in [-0.4, -0.2) is 34.3 Å². The third-order valence-electron chi connectivity index (χ3n) is 3.90. The fourth-order valence-electron chi connectivity index (χ4n) is 2.71. The highest BCUT2D eigenvalue weighted by Crippen LogP contribution is 2.22. The number of carbonyl (C=O) groups is 2. The van der Waals surface area contributed by atoms with Crippen LogP contribution in [0.25, 0.3) is 10.2 Å². The van der Waals surface area contributed by atoms with E-state index < -0.39 is 0 Å². The van der Waals surface area contributed by atoms with Gasteiger partial charge in [-0.1, -0.05) is 12.1 Å². The largest absolute Gasteiger partial charge is 0.349 e. The molecule has 1 atom stereocenters. The predicted octanol–water partition coefficient (Wildman–Crippen LogP) is 2.17. The van der Waals surface area contributed by atoms with Crippen molar-refractivity contribution < 1.29 is 9.59 Å². The van der Waals surface area contributed by atoms with Gasteiger partial charge in [0.05, 0.1) is 22.7 Å². The molecule has 2 heterocycles. The molecule has 1 unspecified atom stereocenters. The lowest BCUT2D eigenvalue weighted by Gasteiger charge is -2.20. The molecule has 0 bridgehead atoms. The minimum absolute atomic E-state index is 0.0595. The van der Waals surface area contributed by atoms with Crippen LogP contribution in [0.5, 0.6) is 0 Å². The molecule has 1 aliphatic heterocycles. The minimum Gasteiger partial charge on any atom is -0.349 e. The first-order chi connectivity index (χ1) is 10.5. The van der Waals surface area contributed by atoms with Gasteiger partial charge in [-0.3, -0.25) is 9.59 Å². The number of benzene rings is 1. The standard InChI is InChI=1S/C16H19N3O2S/c1-10(2)19-9-11(7-15(19)20)16(21)17-8-14-18-12-5-3-4-6-13(12)22-14/h3-6,10-11H,7-9H2,1-2H3,(H,17,21). The van der Waals surface area contributed by atoms with Crippen molar-refractivity contribution >= 4 is 33.4 Å². The molecule has 116 valence electrons. The maximum absolute atomic E-state index is 12.2. The van der Waals surface area contributed by atoms with E-state index >= 15 is 0 Å². The van der Waals surface area contributed by atoms with Gasteiger partial charge in [0.1, 0.15) is 5.01 Å². The fraction of sp³-hybridized carbons (Fsp3) is 0.438. The molecule has 2 amide bonds. The number of hydrogen-bond acceptors (Lipinski definition) is 4. The summed E-state index contributed by atoms with van der Waals surface area (Å²) in [6.07, 6.45) is 0.309. The van der Waals surface area contributed by atoms with Crippen LogP contribution in [-0.2, 0) is 16.1 Å². The summed E-state index contributed by atoms with van der Waals surface area (Å²) < 4.78 is 1.12. The number of likely N-dealkylation sites (tertiary alicyclic amines) is 1. The second kappa shape index (κ2) is 6.04. The molecule has 1 aliphatic rings. The number of hydrogen-bond donors (Lipinski definition) is 1. The average molecular weight is 317 g/mol. The number of para-hydroxylation sites is 1. The molecule has 0 aliphatic carbocycles. The second-order valence-electron chi connectivity index (χ2n) is 5.83. The smallest absolute Gasteiger partial charge is 0.225 e. The van der Waals surface area contributed by atoms with Crippen LogP contribution in [0.4, 0.5) is 0 Å². The van der Waals surface area contributed by atoms with Gasteiger partial charge in [-0.15, -0.1) is 11.3 Å². The van der Waals surface area contributed by atoms with Crippen LogP contribution in [0.3, 0.4) is 0 Å². The van der Waals surface area contributed by atoms with Crippen molar-refractivity contribution in [2.75, 3.05) is 6.54 Å². The highest BCUT2D eigenvalue weighted by atomic mass is 32.1. The van der Waals surface area contributed by atoms with Gasteiger partial charge in [0, 0.05) is 19.0 Å². The van der Waals surface area contributed by atoms with Gasteiger partial charge in [0.2, 0.25) is 11.8 Å². The van der Waals surface area contributed by atoms with Crippen LogP contribution >= 0.6 is 11.3 Å². The molecule has 5 nitrogen and oxygen atoms in total. The van der Waals surface area contributed by atoms with E-state index in [4.69, 9.17) is 0 Å². The second-order valence-corrected chi connectivity index (χ2v) is 6.95. The molecule has 1 fully saturated rings. The number of fused-ring (bicyclic) bond motifs is 1. The summed E-state index contributed by atoms with van der Waals surface area (Å²) in [5.41, 5.74) is 0.957. The van der Waals surface area contributed by atoms with Crippen molar-refractivity contribution in [3.8, 4) is 0 Å². The van der Waals surface area contributed by atoms with E-state index in [2.05, 4.69) is 10.3 Å². The number of carbonyl (C=O) groups excluding carboxylic acids is 2. The van der Waals surface area contributed by atoms with Crippen LogP contribution < -0.4 is 5.32 Å². The van der Waals surface area contributed by atoms with Gasteiger partial charge in [-0.2, -0.15) is 0 Å². The number of aromatic nitrogens is 1. The SMILES string of the molecule is CC(C)N1CC(C(=O)NCc2nc3ccccc3s2)CC1=O. The van der Waals surface area contributed by atoms with E-state index in [9.17, 15) is 9.59 Å². The van der Waals surface area contributed by atoms with Crippen molar-refractivity contribution in [2.45, 2.75) is 32.9 Å². The van der Waals surface area contributed by atoms with Crippen molar-refractivity contribution in [3.63, 3.8) is 0 Å². The predicted molar refractivity (Wildman–Crippen MR) is 86.4 cm³/mol. The molecule has 1 N–H and O–H groups in total. The van der Waals surface area contributed by atoms with Crippen LogP contribution in [0.2, 0.25) is 0 Å². The zero-order valence-corrected chi connectivity index (χ0v) is 13.5. The van der Waals surface area contributed by atoms with Crippen molar-refractivity contribution in [1.82, 2.24) is 15.2 Å². The topological polar surface area (TPSA) is 62.3 Å². The van der Waals surface area contributed by atoms with E-state index in [1.54, 1.807) is 16.2 Å². The molecule has 1 aromatic carbocycles. The molecule has 0 spiro atoms. The van der Waals surface area contributed by atoms with Gasteiger partial charge in [-0.05, 0) is 26.0 Å². The summed E-state index contributed by atoms with van der Waals surface area (Å²) in [5.74, 6) is -0.241. The van der Waals surface area contributed by atoms with E-state index in [0.29, 0.717) is 19.5 Å². The van der Waals surface area contributed by atoms with Crippen LogP contribution in [0, 0.1) is 5.92 Å². The van der Waals surface area contributed by atoms with Gasteiger partial charge < -0.3 is 10.2 Å². The molecule has 22 heavy (non-hydrogen) atoms. The molecular weight excluding hydrogens is 298 g/mol. The highest BCUT2D eigenvalue weighted by Gasteiger charge is 2.35. The highest BCUT2D eigenvalue weighted by molar-refractivity contribution is 7.18. The first kappa shape index (κ1) is 15.0. The quantitative estimate of drug-likeness (QED) is 0.940. The zero-order chi connectivity index (χ0) is 15.7. The van der Waals surface area contributed by atoms with Crippen molar-refractivity contribution in [1.29, 1.82) is 0 Å². The van der Waals surface area contributed by atoms with Crippen LogP contribution in [0.1, 0.15) is 25.3 Å². The van der Waals surface area contributed by atoms with Crippen LogP contribution in [0.15, 0.2) is 24.3 Å². The summed E-state index contributed by atoms with van der Waals surface area (Å²) in [6.45, 7) is 4.88. The minimum atomic E-state index is -0.246. The molecule has 6 heteroatoms. The maximum atomic E-state index is 12.2. The number of thiazole rings is 1. The summed E-state index contributed by atoms with van der Waals surface area (Å²) in [7, 11) is 0. The Labute approximate surface area is 133 Å². The Morgan fingerprint density at radius 1 is 1.45 bits per heavy atom. The lowest BCUT2D eigenvalue weighted by molar-refractivity contribution is -0.129. The monoisotopic (exact) mass is 317 g/mol. The first-order valence-corrected chi connectivity index (χ1v) is 8.28. The molecule has 1 aromatic heterocycles. The van der Waals surface area contributed by atoms with Gasteiger partial charge in [0.15, 0.2) is 0 Å². The lowest BCUT2D eigenvalue weighted by Crippen LogP contribution is -2.35. The van der Waals surface area contributed by atoms with E-state index in [1.807, 2.05) is 38.1 Å². The Morgan fingerprint density at radius 3 is 2.91 bits per heavy atom. The third-order valence-corrected chi connectivity index (χ3v) is 4.94. The molecule has 2 aromatic rings. The van der Waals surface area contributed by atoms with Crippen molar-refractivity contribution in [2.24, 2.45) is 5.92 Å². The summed E-state index contributed by atoms with van der Waals surface area (Å²) in [4.78, 5) is 30.4. The zero-order valence-electron chi connectivity index (χ0n) is 12.7. The maximum Gasteiger partial charge on any atom is 0.225 e. The van der Waals surface area contributed by atoms with Gasteiger partial charge >= 0.3 is 0 Å². The Morgan fingerprint density at radius 2 is 2.23 bits per heavy atom. The Bertz CT molecular complexity index is 677. The van der Waals surface area contributed by atoms with Crippen molar-refractivity contribution in [3.05, 3.63) is 29.3 Å². The lowest BCUT2D eigenvalue weighted by atomic mass is 10.1. The molecule has 3 rings (SSSR count). The van der Waals surface area contributed by atoms with Gasteiger partial charge in [-0.25, -0.2) is 4.98 Å². The fourth-order valence-corrected chi connectivity index (χ4v) is 3.62. The van der Waals surface area contributed by atoms with Gasteiger partial charge in [0.25, 0.3) is 0 Å². The van der Waals surface area contributed by atoms with E-state index in [-0.39, 0.29) is 23.8 Å². The Hall–Kier alpha value is -1.95. The number of amides is 2. The first-order valence-electron chi connectivity index (χ1n) is 7.46. The molecular formula is C16H19N3O2S. The molecule has 1 saturated heterocycles. The average Bonchev–Trinajstić information content (AvgIpc) is 3.07.